The van der Waals surface area contributed by atoms with Crippen LogP contribution in [-0.2, 0) is 19.0 Å². The summed E-state index contributed by atoms with van der Waals surface area (Å²) in [5.74, 6) is -11.4. The average molecular weight is 402 g/mol. The summed E-state index contributed by atoms with van der Waals surface area (Å²) < 4.78 is 84.0. The molecule has 2 fully saturated rings. The second-order valence-corrected chi connectivity index (χ2v) is 7.31. The summed E-state index contributed by atoms with van der Waals surface area (Å²) in [4.78, 5) is 11.5. The molecule has 1 heterocycles. The predicted molar refractivity (Wildman–Crippen MR) is 82.7 cm³/mol. The number of alkyl halides is 5. The van der Waals surface area contributed by atoms with E-state index in [2.05, 4.69) is 16.1 Å². The molecule has 1 aliphatic carbocycles. The third-order valence-electron chi connectivity index (χ3n) is 5.00. The van der Waals surface area contributed by atoms with Crippen molar-refractivity contribution in [2.45, 2.75) is 75.7 Å². The fraction of sp³-hybridized carbons (Fsp3) is 0.824. The number of ether oxygens (including phenoxy) is 3. The summed E-state index contributed by atoms with van der Waals surface area (Å²) in [6.45, 7) is 3.98. The minimum absolute atomic E-state index is 0.121. The Balaban J connectivity index is 2.38. The molecule has 0 aromatic rings. The van der Waals surface area contributed by atoms with Crippen molar-refractivity contribution in [3.05, 3.63) is 12.2 Å². The number of carbonyl (C=O) groups excluding carboxylic acids is 1. The van der Waals surface area contributed by atoms with Crippen molar-refractivity contribution in [3.8, 4) is 0 Å². The van der Waals surface area contributed by atoms with Crippen LogP contribution in [0.15, 0.2) is 12.2 Å². The van der Waals surface area contributed by atoms with Gasteiger partial charge in [-0.05, 0) is 26.7 Å². The van der Waals surface area contributed by atoms with Gasteiger partial charge in [-0.15, -0.1) is 0 Å². The van der Waals surface area contributed by atoms with Gasteiger partial charge in [-0.2, -0.15) is 22.0 Å². The summed E-state index contributed by atoms with van der Waals surface area (Å²) in [5, 5.41) is 9.91. The first-order valence-electron chi connectivity index (χ1n) is 8.60. The molecule has 0 amide bonds. The van der Waals surface area contributed by atoms with Crippen LogP contribution in [0, 0.1) is 5.92 Å². The van der Waals surface area contributed by atoms with Crippen LogP contribution in [0.5, 0.6) is 0 Å². The van der Waals surface area contributed by atoms with Crippen LogP contribution < -0.4 is 0 Å². The highest BCUT2D eigenvalue weighted by Crippen LogP contribution is 2.55. The van der Waals surface area contributed by atoms with E-state index in [4.69, 9.17) is 4.74 Å². The first-order valence-corrected chi connectivity index (χ1v) is 8.60. The van der Waals surface area contributed by atoms with E-state index in [1.807, 2.05) is 0 Å². The SMILES string of the molecule is C=C(C)C(=O)OCC1(C)OC(C2CCCCC2)OC(O)(C(F)(F)F)C1(F)F. The predicted octanol–water partition coefficient (Wildman–Crippen LogP) is 3.70. The molecule has 3 atom stereocenters. The molecule has 0 bridgehead atoms. The molecule has 2 aliphatic rings. The highest BCUT2D eigenvalue weighted by molar-refractivity contribution is 5.86. The van der Waals surface area contributed by atoms with E-state index in [1.165, 1.54) is 6.92 Å². The molecule has 0 radical (unpaired) electrons. The molecule has 5 nitrogen and oxygen atoms in total. The number of carbonyl (C=O) groups is 1. The van der Waals surface area contributed by atoms with Crippen molar-refractivity contribution >= 4 is 5.97 Å². The number of hydrogen-bond donors (Lipinski definition) is 1. The zero-order chi connectivity index (χ0) is 20.7. The second kappa shape index (κ2) is 7.29. The zero-order valence-electron chi connectivity index (χ0n) is 15.1. The molecular weight excluding hydrogens is 379 g/mol. The van der Waals surface area contributed by atoms with Gasteiger partial charge in [0.25, 0.3) is 0 Å². The van der Waals surface area contributed by atoms with Crippen LogP contribution >= 0.6 is 0 Å². The van der Waals surface area contributed by atoms with Crippen molar-refractivity contribution in [2.24, 2.45) is 5.92 Å². The van der Waals surface area contributed by atoms with Crippen molar-refractivity contribution in [1.29, 1.82) is 0 Å². The van der Waals surface area contributed by atoms with Crippen LogP contribution in [-0.4, -0.2) is 47.5 Å². The molecule has 1 saturated carbocycles. The lowest BCUT2D eigenvalue weighted by atomic mass is 9.85. The Bertz CT molecular complexity index is 587. The Kier molecular flexibility index (Phi) is 5.95. The van der Waals surface area contributed by atoms with E-state index < -0.39 is 48.3 Å². The molecular formula is C17H23F5O5. The standard InChI is InChI=1S/C17H23F5O5/c1-10(2)12(23)25-9-14(3)15(18,19)16(24,17(20,21)22)27-13(26-14)11-7-5-4-6-8-11/h11,13,24H,1,4-9H2,2-3H3. The molecule has 0 aromatic heterocycles. The van der Waals surface area contributed by atoms with Gasteiger partial charge in [-0.25, -0.2) is 4.79 Å². The lowest BCUT2D eigenvalue weighted by molar-refractivity contribution is -0.526. The summed E-state index contributed by atoms with van der Waals surface area (Å²) in [5.41, 5.74) is -3.08. The molecule has 1 N–H and O–H groups in total. The van der Waals surface area contributed by atoms with Gasteiger partial charge >= 0.3 is 23.9 Å². The number of rotatable bonds is 4. The van der Waals surface area contributed by atoms with Gasteiger partial charge in [0.15, 0.2) is 11.9 Å². The van der Waals surface area contributed by atoms with Gasteiger partial charge in [0.1, 0.15) is 6.61 Å². The first-order chi connectivity index (χ1) is 12.3. The Hall–Kier alpha value is -1.26. The highest BCUT2D eigenvalue weighted by Gasteiger charge is 2.81. The molecule has 0 aromatic carbocycles. The van der Waals surface area contributed by atoms with Gasteiger partial charge < -0.3 is 19.3 Å². The normalized spacial score (nSPS) is 34.9. The molecule has 0 spiro atoms. The molecule has 1 aliphatic heterocycles. The van der Waals surface area contributed by atoms with Gasteiger partial charge in [0, 0.05) is 11.5 Å². The number of hydrogen-bond acceptors (Lipinski definition) is 5. The summed E-state index contributed by atoms with van der Waals surface area (Å²) in [6.07, 6.45) is -4.49. The lowest BCUT2D eigenvalue weighted by Gasteiger charge is -2.53. The monoisotopic (exact) mass is 402 g/mol. The van der Waals surface area contributed by atoms with E-state index in [0.717, 1.165) is 6.42 Å². The van der Waals surface area contributed by atoms with Crippen LogP contribution in [0.3, 0.4) is 0 Å². The minimum atomic E-state index is -5.80. The fourth-order valence-electron chi connectivity index (χ4n) is 3.25. The van der Waals surface area contributed by atoms with Gasteiger partial charge in [0.05, 0.1) is 0 Å². The molecule has 1 saturated heterocycles. The molecule has 2 rings (SSSR count). The van der Waals surface area contributed by atoms with Crippen molar-refractivity contribution in [3.63, 3.8) is 0 Å². The summed E-state index contributed by atoms with van der Waals surface area (Å²) in [6, 6.07) is 0. The van der Waals surface area contributed by atoms with E-state index >= 15 is 0 Å². The Labute approximate surface area is 153 Å². The molecule has 10 heteroatoms. The third-order valence-corrected chi connectivity index (χ3v) is 5.00. The van der Waals surface area contributed by atoms with Crippen molar-refractivity contribution in [1.82, 2.24) is 0 Å². The minimum Gasteiger partial charge on any atom is -0.459 e. The quantitative estimate of drug-likeness (QED) is 0.441. The largest absolute Gasteiger partial charge is 0.459 e. The second-order valence-electron chi connectivity index (χ2n) is 7.31. The van der Waals surface area contributed by atoms with Gasteiger partial charge in [0.2, 0.25) is 0 Å². The Morgan fingerprint density at radius 1 is 1.22 bits per heavy atom. The maximum absolute atomic E-state index is 14.8. The van der Waals surface area contributed by atoms with E-state index in [0.29, 0.717) is 32.6 Å². The smallest absolute Gasteiger partial charge is 0.449 e. The molecule has 3 unspecified atom stereocenters. The number of aliphatic hydroxyl groups is 1. The average Bonchev–Trinajstić information content (AvgIpc) is 2.57. The lowest BCUT2D eigenvalue weighted by Crippen LogP contribution is -2.76. The van der Waals surface area contributed by atoms with E-state index in [9.17, 15) is 31.9 Å². The van der Waals surface area contributed by atoms with E-state index in [1.54, 1.807) is 0 Å². The van der Waals surface area contributed by atoms with Crippen LogP contribution in [0.25, 0.3) is 0 Å². The third kappa shape index (κ3) is 3.84. The Morgan fingerprint density at radius 2 is 1.78 bits per heavy atom. The maximum atomic E-state index is 14.8. The number of halogens is 5. The van der Waals surface area contributed by atoms with Crippen LogP contribution in [0.1, 0.15) is 46.0 Å². The number of esters is 1. The zero-order valence-corrected chi connectivity index (χ0v) is 15.1. The van der Waals surface area contributed by atoms with E-state index in [-0.39, 0.29) is 5.57 Å². The fourth-order valence-corrected chi connectivity index (χ4v) is 3.25. The summed E-state index contributed by atoms with van der Waals surface area (Å²) in [7, 11) is 0. The van der Waals surface area contributed by atoms with Gasteiger partial charge in [-0.1, -0.05) is 25.8 Å². The van der Waals surface area contributed by atoms with Crippen LogP contribution in [0.4, 0.5) is 22.0 Å². The highest BCUT2D eigenvalue weighted by atomic mass is 19.4. The van der Waals surface area contributed by atoms with Crippen LogP contribution in [0.2, 0.25) is 0 Å². The van der Waals surface area contributed by atoms with Crippen molar-refractivity contribution < 1.29 is 46.1 Å². The van der Waals surface area contributed by atoms with Crippen molar-refractivity contribution in [2.75, 3.05) is 6.61 Å². The molecule has 27 heavy (non-hydrogen) atoms. The Morgan fingerprint density at radius 3 is 2.26 bits per heavy atom. The summed E-state index contributed by atoms with van der Waals surface area (Å²) >= 11 is 0. The van der Waals surface area contributed by atoms with Gasteiger partial charge in [-0.3, -0.25) is 0 Å². The maximum Gasteiger partial charge on any atom is 0.449 e. The molecule has 156 valence electrons. The topological polar surface area (TPSA) is 65.0 Å². The first kappa shape index (κ1) is 22.0.